The van der Waals surface area contributed by atoms with Crippen LogP contribution in [-0.4, -0.2) is 47.8 Å². The second-order valence-electron chi connectivity index (χ2n) is 5.34. The van der Waals surface area contributed by atoms with Crippen molar-refractivity contribution in [2.45, 2.75) is 25.8 Å². The van der Waals surface area contributed by atoms with E-state index in [2.05, 4.69) is 11.9 Å². The zero-order valence-electron chi connectivity index (χ0n) is 13.4. The number of nitrogens with one attached hydrogen (secondary N) is 1. The van der Waals surface area contributed by atoms with Gasteiger partial charge < -0.3 is 20.3 Å². The van der Waals surface area contributed by atoms with Crippen LogP contribution in [0.5, 0.6) is 5.75 Å². The van der Waals surface area contributed by atoms with Gasteiger partial charge in [-0.1, -0.05) is 26.5 Å². The molecule has 6 heteroatoms. The molecule has 126 valence electrons. The number of benzene rings is 1. The number of ketones is 1. The number of hydrogen-bond donors (Lipinski definition) is 3. The van der Waals surface area contributed by atoms with Gasteiger partial charge in [0.1, 0.15) is 25.0 Å². The van der Waals surface area contributed by atoms with Crippen molar-refractivity contribution in [2.24, 2.45) is 0 Å². The summed E-state index contributed by atoms with van der Waals surface area (Å²) in [4.78, 5) is 23.6. The summed E-state index contributed by atoms with van der Waals surface area (Å²) in [7, 11) is 0. The molecular weight excluding hydrogens is 298 g/mol. The van der Waals surface area contributed by atoms with Gasteiger partial charge in [-0.05, 0) is 29.7 Å². The van der Waals surface area contributed by atoms with Crippen molar-refractivity contribution in [2.75, 3.05) is 19.8 Å². The molecule has 0 fully saturated rings. The Bertz CT molecular complexity index is 568. The normalized spacial score (nSPS) is 11.9. The second-order valence-corrected chi connectivity index (χ2v) is 5.34. The number of rotatable bonds is 9. The van der Waals surface area contributed by atoms with Crippen LogP contribution in [0.2, 0.25) is 0 Å². The Morgan fingerprint density at radius 1 is 1.35 bits per heavy atom. The van der Waals surface area contributed by atoms with Crippen molar-refractivity contribution in [1.29, 1.82) is 0 Å². The van der Waals surface area contributed by atoms with E-state index in [1.807, 2.05) is 13.8 Å². The lowest BCUT2D eigenvalue weighted by Gasteiger charge is -2.17. The summed E-state index contributed by atoms with van der Waals surface area (Å²) in [5, 5.41) is 20.4. The largest absolute Gasteiger partial charge is 0.489 e. The van der Waals surface area contributed by atoms with E-state index in [0.717, 1.165) is 5.56 Å². The smallest absolute Gasteiger partial charge is 0.251 e. The number of ether oxygens (including phenoxy) is 1. The monoisotopic (exact) mass is 321 g/mol. The van der Waals surface area contributed by atoms with Gasteiger partial charge in [-0.25, -0.2) is 0 Å². The molecule has 1 unspecified atom stereocenters. The molecule has 0 aromatic heterocycles. The third kappa shape index (κ3) is 5.19. The average molecular weight is 321 g/mol. The highest BCUT2D eigenvalue weighted by Gasteiger charge is 2.20. The number of carbonyl (C=O) groups is 2. The van der Waals surface area contributed by atoms with E-state index in [1.165, 1.54) is 0 Å². The van der Waals surface area contributed by atoms with Crippen LogP contribution < -0.4 is 10.1 Å². The van der Waals surface area contributed by atoms with E-state index in [1.54, 1.807) is 24.3 Å². The lowest BCUT2D eigenvalue weighted by molar-refractivity contribution is -0.124. The zero-order chi connectivity index (χ0) is 17.4. The molecule has 1 atom stereocenters. The zero-order valence-corrected chi connectivity index (χ0v) is 13.4. The van der Waals surface area contributed by atoms with Gasteiger partial charge in [0.05, 0.1) is 6.61 Å². The van der Waals surface area contributed by atoms with Crippen LogP contribution in [0.15, 0.2) is 30.9 Å². The Balaban J connectivity index is 2.99. The van der Waals surface area contributed by atoms with Crippen molar-refractivity contribution in [3.05, 3.63) is 42.0 Å². The SMILES string of the molecule is C=CCOc1ccc(C(=O)NC(CO)C(=O)CO)cc1C(C)C. The molecule has 0 saturated carbocycles. The maximum absolute atomic E-state index is 12.2. The van der Waals surface area contributed by atoms with Gasteiger partial charge >= 0.3 is 0 Å². The molecule has 0 aliphatic heterocycles. The number of carbonyl (C=O) groups excluding carboxylic acids is 2. The summed E-state index contributed by atoms with van der Waals surface area (Å²) in [6.07, 6.45) is 1.64. The Hall–Kier alpha value is -2.18. The highest BCUT2D eigenvalue weighted by Crippen LogP contribution is 2.27. The van der Waals surface area contributed by atoms with E-state index in [0.29, 0.717) is 17.9 Å². The van der Waals surface area contributed by atoms with Crippen molar-refractivity contribution in [3.8, 4) is 5.75 Å². The van der Waals surface area contributed by atoms with E-state index in [9.17, 15) is 9.59 Å². The summed E-state index contributed by atoms with van der Waals surface area (Å²) in [6.45, 7) is 6.61. The Morgan fingerprint density at radius 2 is 2.04 bits per heavy atom. The first-order chi connectivity index (χ1) is 10.9. The fourth-order valence-corrected chi connectivity index (χ4v) is 2.00. The van der Waals surface area contributed by atoms with Gasteiger partial charge in [0.15, 0.2) is 5.78 Å². The van der Waals surface area contributed by atoms with Crippen LogP contribution in [0, 0.1) is 0 Å². The molecule has 3 N–H and O–H groups in total. The van der Waals surface area contributed by atoms with Crippen molar-refractivity contribution >= 4 is 11.7 Å². The predicted octanol–water partition coefficient (Wildman–Crippen LogP) is 1.03. The minimum atomic E-state index is -1.12. The highest BCUT2D eigenvalue weighted by atomic mass is 16.5. The summed E-state index contributed by atoms with van der Waals surface area (Å²) >= 11 is 0. The minimum Gasteiger partial charge on any atom is -0.489 e. The molecule has 0 heterocycles. The Kier molecular flexibility index (Phi) is 7.44. The molecule has 1 rings (SSSR count). The van der Waals surface area contributed by atoms with Crippen LogP contribution in [0.25, 0.3) is 0 Å². The predicted molar refractivity (Wildman–Crippen MR) is 86.7 cm³/mol. The van der Waals surface area contributed by atoms with Crippen LogP contribution >= 0.6 is 0 Å². The van der Waals surface area contributed by atoms with Crippen LogP contribution in [0.1, 0.15) is 35.7 Å². The van der Waals surface area contributed by atoms with Crippen LogP contribution in [-0.2, 0) is 4.79 Å². The van der Waals surface area contributed by atoms with Crippen molar-refractivity contribution in [3.63, 3.8) is 0 Å². The molecule has 0 bridgehead atoms. The minimum absolute atomic E-state index is 0.135. The van der Waals surface area contributed by atoms with Gasteiger partial charge in [0.25, 0.3) is 5.91 Å². The van der Waals surface area contributed by atoms with Gasteiger partial charge in [0, 0.05) is 5.56 Å². The van der Waals surface area contributed by atoms with Gasteiger partial charge in [-0.3, -0.25) is 9.59 Å². The summed E-state index contributed by atoms with van der Waals surface area (Å²) < 4.78 is 5.56. The molecule has 1 aromatic carbocycles. The number of aliphatic hydroxyl groups is 2. The summed E-state index contributed by atoms with van der Waals surface area (Å²) in [5.41, 5.74) is 1.21. The van der Waals surface area contributed by atoms with Crippen molar-refractivity contribution < 1.29 is 24.5 Å². The van der Waals surface area contributed by atoms with E-state index in [-0.39, 0.29) is 5.92 Å². The number of aliphatic hydroxyl groups excluding tert-OH is 2. The maximum Gasteiger partial charge on any atom is 0.251 e. The van der Waals surface area contributed by atoms with E-state index in [4.69, 9.17) is 14.9 Å². The van der Waals surface area contributed by atoms with E-state index < -0.39 is 30.9 Å². The average Bonchev–Trinajstić information content (AvgIpc) is 2.56. The fourth-order valence-electron chi connectivity index (χ4n) is 2.00. The molecule has 1 amide bonds. The Morgan fingerprint density at radius 3 is 2.57 bits per heavy atom. The molecule has 6 nitrogen and oxygen atoms in total. The number of hydrogen-bond acceptors (Lipinski definition) is 5. The molecule has 23 heavy (non-hydrogen) atoms. The Labute approximate surface area is 135 Å². The van der Waals surface area contributed by atoms with Gasteiger partial charge in [-0.15, -0.1) is 0 Å². The molecular formula is C17H23NO5. The van der Waals surface area contributed by atoms with Crippen molar-refractivity contribution in [1.82, 2.24) is 5.32 Å². The second kappa shape index (κ2) is 9.07. The van der Waals surface area contributed by atoms with Gasteiger partial charge in [-0.2, -0.15) is 0 Å². The standard InChI is InChI=1S/C17H23NO5/c1-4-7-23-16-6-5-12(8-13(16)11(2)3)17(22)18-14(9-19)15(21)10-20/h4-6,8,11,14,19-20H,1,7,9-10H2,2-3H3,(H,18,22). The fraction of sp³-hybridized carbons (Fsp3) is 0.412. The molecule has 0 radical (unpaired) electrons. The lowest BCUT2D eigenvalue weighted by Crippen LogP contribution is -2.44. The summed E-state index contributed by atoms with van der Waals surface area (Å²) in [6, 6.07) is 3.84. The first kappa shape index (κ1) is 18.9. The van der Waals surface area contributed by atoms with Gasteiger partial charge in [0.2, 0.25) is 0 Å². The lowest BCUT2D eigenvalue weighted by atomic mass is 9.99. The highest BCUT2D eigenvalue weighted by molar-refractivity contribution is 5.98. The first-order valence-corrected chi connectivity index (χ1v) is 7.37. The van der Waals surface area contributed by atoms with Crippen LogP contribution in [0.4, 0.5) is 0 Å². The third-order valence-electron chi connectivity index (χ3n) is 3.28. The third-order valence-corrected chi connectivity index (χ3v) is 3.28. The molecule has 0 aliphatic carbocycles. The topological polar surface area (TPSA) is 95.9 Å². The maximum atomic E-state index is 12.2. The first-order valence-electron chi connectivity index (χ1n) is 7.37. The number of Topliss-reactive ketones (excluding diaryl/α,β-unsaturated/α-hetero) is 1. The summed E-state index contributed by atoms with van der Waals surface area (Å²) in [5.74, 6) is -0.337. The number of amides is 1. The quantitative estimate of drug-likeness (QED) is 0.590. The van der Waals surface area contributed by atoms with E-state index >= 15 is 0 Å². The molecule has 0 saturated heterocycles. The molecule has 0 aliphatic rings. The molecule has 0 spiro atoms. The van der Waals surface area contributed by atoms with Crippen LogP contribution in [0.3, 0.4) is 0 Å². The molecule has 1 aromatic rings.